The SMILES string of the molecule is CC1=Cc2c(C(=O)N[C@@H]3COc4cc(-c5noc(C)n5)ccc43)nnn2CC1. The number of carbonyl (C=O) groups is 1. The molecule has 0 bridgehead atoms. The molecule has 2 aliphatic rings. The molecule has 0 fully saturated rings. The summed E-state index contributed by atoms with van der Waals surface area (Å²) in [7, 11) is 0. The molecule has 1 aromatic carbocycles. The molecule has 0 saturated heterocycles. The minimum absolute atomic E-state index is 0.255. The van der Waals surface area contributed by atoms with Gasteiger partial charge in [-0.1, -0.05) is 28.1 Å². The Labute approximate surface area is 160 Å². The van der Waals surface area contributed by atoms with Crippen molar-refractivity contribution in [3.8, 4) is 17.1 Å². The van der Waals surface area contributed by atoms with Crippen LogP contribution < -0.4 is 10.1 Å². The third-order valence-corrected chi connectivity index (χ3v) is 4.98. The van der Waals surface area contributed by atoms with Crippen molar-refractivity contribution < 1.29 is 14.1 Å². The third kappa shape index (κ3) is 2.75. The molecule has 142 valence electrons. The summed E-state index contributed by atoms with van der Waals surface area (Å²) in [6.07, 6.45) is 2.89. The highest BCUT2D eigenvalue weighted by Crippen LogP contribution is 2.35. The number of nitrogens with zero attached hydrogens (tertiary/aromatic N) is 5. The highest BCUT2D eigenvalue weighted by molar-refractivity contribution is 5.95. The molecular formula is C19H18N6O3. The van der Waals surface area contributed by atoms with Gasteiger partial charge in [0.05, 0.1) is 11.7 Å². The molecule has 9 heteroatoms. The smallest absolute Gasteiger partial charge is 0.274 e. The number of amides is 1. The van der Waals surface area contributed by atoms with E-state index in [0.29, 0.717) is 29.8 Å². The summed E-state index contributed by atoms with van der Waals surface area (Å²) in [5.74, 6) is 1.45. The largest absolute Gasteiger partial charge is 0.491 e. The summed E-state index contributed by atoms with van der Waals surface area (Å²) in [5, 5.41) is 15.1. The van der Waals surface area contributed by atoms with Crippen molar-refractivity contribution in [1.29, 1.82) is 0 Å². The van der Waals surface area contributed by atoms with Gasteiger partial charge in [0.1, 0.15) is 12.4 Å². The fourth-order valence-corrected chi connectivity index (χ4v) is 3.49. The van der Waals surface area contributed by atoms with Crippen LogP contribution in [0.1, 0.15) is 47.0 Å². The third-order valence-electron chi connectivity index (χ3n) is 4.98. The van der Waals surface area contributed by atoms with Gasteiger partial charge in [-0.25, -0.2) is 4.68 Å². The zero-order valence-corrected chi connectivity index (χ0v) is 15.5. The van der Waals surface area contributed by atoms with Crippen LogP contribution in [0.25, 0.3) is 17.5 Å². The van der Waals surface area contributed by atoms with E-state index >= 15 is 0 Å². The Bertz CT molecular complexity index is 1110. The first-order chi connectivity index (χ1) is 13.6. The number of allylic oxidation sites excluding steroid dienone is 1. The Morgan fingerprint density at radius 3 is 3.04 bits per heavy atom. The molecule has 9 nitrogen and oxygen atoms in total. The zero-order valence-electron chi connectivity index (χ0n) is 15.5. The van der Waals surface area contributed by atoms with Crippen LogP contribution in [0.4, 0.5) is 0 Å². The van der Waals surface area contributed by atoms with E-state index in [1.165, 1.54) is 5.57 Å². The first kappa shape index (κ1) is 16.7. The molecule has 2 aromatic heterocycles. The fraction of sp³-hybridized carbons (Fsp3) is 0.316. The first-order valence-electron chi connectivity index (χ1n) is 9.07. The van der Waals surface area contributed by atoms with Gasteiger partial charge in [0.2, 0.25) is 11.7 Å². The van der Waals surface area contributed by atoms with Crippen LogP contribution in [0.3, 0.4) is 0 Å². The van der Waals surface area contributed by atoms with Crippen molar-refractivity contribution in [2.24, 2.45) is 0 Å². The van der Waals surface area contributed by atoms with Gasteiger partial charge in [-0.3, -0.25) is 4.79 Å². The number of aryl methyl sites for hydroxylation is 2. The lowest BCUT2D eigenvalue weighted by Gasteiger charge is -2.13. The van der Waals surface area contributed by atoms with Gasteiger partial charge in [-0.2, -0.15) is 4.98 Å². The quantitative estimate of drug-likeness (QED) is 0.745. The Hall–Kier alpha value is -3.49. The fourth-order valence-electron chi connectivity index (χ4n) is 3.49. The summed E-state index contributed by atoms with van der Waals surface area (Å²) < 4.78 is 12.6. The monoisotopic (exact) mass is 378 g/mol. The predicted octanol–water partition coefficient (Wildman–Crippen LogP) is 2.31. The van der Waals surface area contributed by atoms with Crippen molar-refractivity contribution >= 4 is 12.0 Å². The average Bonchev–Trinajstić information content (AvgIpc) is 3.39. The van der Waals surface area contributed by atoms with Crippen LogP contribution in [0.15, 0.2) is 28.3 Å². The number of hydrogen-bond acceptors (Lipinski definition) is 7. The van der Waals surface area contributed by atoms with Crippen molar-refractivity contribution in [2.45, 2.75) is 32.9 Å². The number of ether oxygens (including phenoxy) is 1. The molecule has 1 N–H and O–H groups in total. The summed E-state index contributed by atoms with van der Waals surface area (Å²) in [5.41, 5.74) is 4.01. The number of fused-ring (bicyclic) bond motifs is 2. The summed E-state index contributed by atoms with van der Waals surface area (Å²) in [4.78, 5) is 17.0. The highest BCUT2D eigenvalue weighted by atomic mass is 16.5. The van der Waals surface area contributed by atoms with Crippen LogP contribution in [0.2, 0.25) is 0 Å². The maximum Gasteiger partial charge on any atom is 0.274 e. The van der Waals surface area contributed by atoms with Gasteiger partial charge >= 0.3 is 0 Å². The van der Waals surface area contributed by atoms with E-state index in [1.54, 1.807) is 11.6 Å². The number of aromatic nitrogens is 5. The van der Waals surface area contributed by atoms with Crippen molar-refractivity contribution in [2.75, 3.05) is 6.61 Å². The zero-order chi connectivity index (χ0) is 19.3. The Morgan fingerprint density at radius 1 is 1.32 bits per heavy atom. The van der Waals surface area contributed by atoms with E-state index in [9.17, 15) is 4.79 Å². The van der Waals surface area contributed by atoms with Gasteiger partial charge in [0.25, 0.3) is 5.91 Å². The molecule has 28 heavy (non-hydrogen) atoms. The molecule has 0 saturated carbocycles. The number of hydrogen-bond donors (Lipinski definition) is 1. The standard InChI is InChI=1S/C19H18N6O3/c1-10-5-6-25-15(7-10)17(22-24-25)19(26)21-14-9-27-16-8-12(3-4-13(14)16)18-20-11(2)28-23-18/h3-4,7-8,14H,5-6,9H2,1-2H3,(H,21,26)/t14-/m1/s1. The van der Waals surface area contributed by atoms with Crippen molar-refractivity contribution in [3.63, 3.8) is 0 Å². The van der Waals surface area contributed by atoms with Gasteiger partial charge < -0.3 is 14.6 Å². The molecule has 0 unspecified atom stereocenters. The summed E-state index contributed by atoms with van der Waals surface area (Å²) >= 11 is 0. The normalized spacial score (nSPS) is 17.5. The molecular weight excluding hydrogens is 360 g/mol. The van der Waals surface area contributed by atoms with Crippen LogP contribution in [-0.2, 0) is 6.54 Å². The highest BCUT2D eigenvalue weighted by Gasteiger charge is 2.29. The van der Waals surface area contributed by atoms with E-state index in [-0.39, 0.29) is 11.9 Å². The van der Waals surface area contributed by atoms with Crippen LogP contribution >= 0.6 is 0 Å². The summed E-state index contributed by atoms with van der Waals surface area (Å²) in [6, 6.07) is 5.41. The molecule has 0 aliphatic carbocycles. The lowest BCUT2D eigenvalue weighted by atomic mass is 10.0. The molecule has 2 aliphatic heterocycles. The van der Waals surface area contributed by atoms with Gasteiger partial charge in [-0.15, -0.1) is 5.10 Å². The summed E-state index contributed by atoms with van der Waals surface area (Å²) in [6.45, 7) is 4.88. The number of carbonyl (C=O) groups excluding carboxylic acids is 1. The maximum absolute atomic E-state index is 12.8. The van der Waals surface area contributed by atoms with Crippen LogP contribution in [0, 0.1) is 6.92 Å². The van der Waals surface area contributed by atoms with E-state index in [0.717, 1.165) is 29.8 Å². The second-order valence-corrected chi connectivity index (χ2v) is 7.01. The number of rotatable bonds is 3. The molecule has 1 atom stereocenters. The van der Waals surface area contributed by atoms with Gasteiger partial charge in [0.15, 0.2) is 5.69 Å². The Balaban J connectivity index is 1.38. The molecule has 0 radical (unpaired) electrons. The van der Waals surface area contributed by atoms with Gasteiger partial charge in [-0.05, 0) is 25.5 Å². The minimum atomic E-state index is -0.258. The molecule has 5 rings (SSSR count). The molecule has 3 aromatic rings. The van der Waals surface area contributed by atoms with E-state index in [2.05, 4.69) is 25.8 Å². The minimum Gasteiger partial charge on any atom is -0.491 e. The first-order valence-corrected chi connectivity index (χ1v) is 9.07. The lowest BCUT2D eigenvalue weighted by Crippen LogP contribution is -2.30. The second-order valence-electron chi connectivity index (χ2n) is 7.01. The van der Waals surface area contributed by atoms with E-state index in [4.69, 9.17) is 9.26 Å². The lowest BCUT2D eigenvalue weighted by molar-refractivity contribution is 0.0925. The van der Waals surface area contributed by atoms with Crippen molar-refractivity contribution in [1.82, 2.24) is 30.5 Å². The van der Waals surface area contributed by atoms with Crippen LogP contribution in [-0.4, -0.2) is 37.6 Å². The number of benzene rings is 1. The topological polar surface area (TPSA) is 108 Å². The second kappa shape index (κ2) is 6.29. The molecule has 0 spiro atoms. The number of nitrogens with one attached hydrogen (secondary N) is 1. The Kier molecular flexibility index (Phi) is 3.75. The Morgan fingerprint density at radius 2 is 2.21 bits per heavy atom. The maximum atomic E-state index is 12.8. The van der Waals surface area contributed by atoms with Crippen molar-refractivity contribution in [3.05, 3.63) is 46.6 Å². The average molecular weight is 378 g/mol. The van der Waals surface area contributed by atoms with Crippen LogP contribution in [0.5, 0.6) is 5.75 Å². The predicted molar refractivity (Wildman–Crippen MR) is 98.5 cm³/mol. The van der Waals surface area contributed by atoms with E-state index < -0.39 is 0 Å². The van der Waals surface area contributed by atoms with E-state index in [1.807, 2.05) is 31.2 Å². The molecule has 4 heterocycles. The van der Waals surface area contributed by atoms with Gasteiger partial charge in [0, 0.05) is 24.6 Å². The molecule has 1 amide bonds.